The Bertz CT molecular complexity index is 1690. The summed E-state index contributed by atoms with van der Waals surface area (Å²) < 4.78 is 7.29. The molecular weight excluding hydrogens is 614 g/mol. The van der Waals surface area contributed by atoms with Gasteiger partial charge in [-0.1, -0.05) is 23.7 Å². The highest BCUT2D eigenvalue weighted by Gasteiger charge is 2.50. The zero-order valence-corrected chi connectivity index (χ0v) is 27.3. The Morgan fingerprint density at radius 1 is 1.02 bits per heavy atom. The van der Waals surface area contributed by atoms with Gasteiger partial charge in [0.25, 0.3) is 0 Å². The monoisotopic (exact) mass is 649 g/mol. The summed E-state index contributed by atoms with van der Waals surface area (Å²) in [7, 11) is 0. The third-order valence-electron chi connectivity index (χ3n) is 8.64. The number of nitrogens with zero attached hydrogens (tertiary/aromatic N) is 5. The molecule has 2 aromatic heterocycles. The number of ether oxygens (including phenoxy) is 1. The van der Waals surface area contributed by atoms with Crippen LogP contribution in [0.2, 0.25) is 5.02 Å². The number of likely N-dealkylation sites (tertiary alicyclic amines) is 1. The predicted molar refractivity (Wildman–Crippen MR) is 172 cm³/mol. The fraction of sp³-hybridized carbons (Fsp3) is 0.438. The number of hydrogen-bond donors (Lipinski definition) is 2. The van der Waals surface area contributed by atoms with E-state index < -0.39 is 0 Å². The molecule has 3 aliphatic heterocycles. The molecule has 5 heterocycles. The second-order valence-corrected chi connectivity index (χ2v) is 13.9. The lowest BCUT2D eigenvalue weighted by Crippen LogP contribution is -2.66. The van der Waals surface area contributed by atoms with Crippen LogP contribution in [0.25, 0.3) is 5.00 Å². The van der Waals surface area contributed by atoms with Crippen molar-refractivity contribution in [2.75, 3.05) is 26.3 Å². The molecule has 0 radical (unpaired) electrons. The van der Waals surface area contributed by atoms with E-state index in [1.54, 1.807) is 16.2 Å². The van der Waals surface area contributed by atoms with E-state index in [1.165, 1.54) is 35.1 Å². The number of fused-ring (bicyclic) bond motifs is 3. The van der Waals surface area contributed by atoms with Gasteiger partial charge < -0.3 is 20.3 Å². The summed E-state index contributed by atoms with van der Waals surface area (Å²) in [6.45, 7) is 11.2. The van der Waals surface area contributed by atoms with Gasteiger partial charge in [0, 0.05) is 65.3 Å². The molecule has 3 amide bonds. The van der Waals surface area contributed by atoms with Gasteiger partial charge in [0.05, 0.1) is 24.3 Å². The fourth-order valence-corrected chi connectivity index (χ4v) is 7.38. The zero-order chi connectivity index (χ0) is 31.9. The molecule has 2 N–H and O–H groups in total. The number of carbonyl (C=O) groups is 3. The van der Waals surface area contributed by atoms with Gasteiger partial charge in [-0.15, -0.1) is 21.5 Å². The van der Waals surface area contributed by atoms with Gasteiger partial charge in [-0.3, -0.25) is 23.9 Å². The van der Waals surface area contributed by atoms with Crippen molar-refractivity contribution in [2.45, 2.75) is 59.2 Å². The van der Waals surface area contributed by atoms with Crippen molar-refractivity contribution >= 4 is 46.4 Å². The molecule has 1 aromatic carbocycles. The van der Waals surface area contributed by atoms with Crippen LogP contribution < -0.4 is 10.6 Å². The van der Waals surface area contributed by atoms with Crippen molar-refractivity contribution in [1.82, 2.24) is 30.3 Å². The third kappa shape index (κ3) is 6.45. The molecule has 13 heteroatoms. The molecule has 3 aromatic rings. The van der Waals surface area contributed by atoms with Gasteiger partial charge in [0.1, 0.15) is 17.4 Å². The molecule has 0 unspecified atom stereocenters. The van der Waals surface area contributed by atoms with Crippen LogP contribution in [0.4, 0.5) is 0 Å². The number of nitrogens with one attached hydrogen (secondary N) is 2. The molecular formula is C32H36ClN7O4S. The van der Waals surface area contributed by atoms with E-state index in [4.69, 9.17) is 21.3 Å². The first-order valence-electron chi connectivity index (χ1n) is 15.0. The molecule has 0 atom stereocenters. The fourth-order valence-electron chi connectivity index (χ4n) is 6.03. The molecule has 236 valence electrons. The highest BCUT2D eigenvalue weighted by atomic mass is 35.5. The second-order valence-electron chi connectivity index (χ2n) is 12.2. The summed E-state index contributed by atoms with van der Waals surface area (Å²) in [6, 6.07) is 8.08. The smallest absolute Gasteiger partial charge is 0.246 e. The van der Waals surface area contributed by atoms with E-state index in [2.05, 4.69) is 39.2 Å². The van der Waals surface area contributed by atoms with Crippen LogP contribution in [0.5, 0.6) is 0 Å². The van der Waals surface area contributed by atoms with E-state index in [0.717, 1.165) is 72.1 Å². The van der Waals surface area contributed by atoms with Crippen LogP contribution in [-0.4, -0.2) is 81.5 Å². The molecule has 1 saturated carbocycles. The first-order chi connectivity index (χ1) is 21.5. The van der Waals surface area contributed by atoms with Gasteiger partial charge >= 0.3 is 0 Å². The standard InChI is InChI=1S/C17H15ClN4S.C15H21N3O4/c1-9-10(2)23-17-15(9)16(12-4-6-13(18)7-5-12)19-8-14-21-20-11(3)22(14)17;1-10(19)16-11-4-12(5-11)17-13(20)2-3-14(21)18-6-15(7-18)8-22-9-15/h4-7H,8H2,1-3H3;2-3,11-12H,4-9H2,1H3,(H,16,19)(H,17,20)/b;3-2+. The predicted octanol–water partition coefficient (Wildman–Crippen LogP) is 3.44. The van der Waals surface area contributed by atoms with Crippen LogP contribution in [0.3, 0.4) is 0 Å². The number of halogens is 1. The molecule has 4 aliphatic rings. The quantitative estimate of drug-likeness (QED) is 0.407. The largest absolute Gasteiger partial charge is 0.380 e. The van der Waals surface area contributed by atoms with Crippen molar-refractivity contribution in [3.63, 3.8) is 0 Å². The summed E-state index contributed by atoms with van der Waals surface area (Å²) in [5.41, 5.74) is 4.71. The van der Waals surface area contributed by atoms with Crippen LogP contribution in [-0.2, 0) is 25.7 Å². The summed E-state index contributed by atoms with van der Waals surface area (Å²) in [4.78, 5) is 42.3. The van der Waals surface area contributed by atoms with E-state index in [0.29, 0.717) is 6.54 Å². The van der Waals surface area contributed by atoms with Gasteiger partial charge in [-0.05, 0) is 51.3 Å². The van der Waals surface area contributed by atoms with E-state index >= 15 is 0 Å². The van der Waals surface area contributed by atoms with E-state index in [9.17, 15) is 14.4 Å². The average molecular weight is 650 g/mol. The Kier molecular flexibility index (Phi) is 8.64. The first kappa shape index (κ1) is 31.1. The second kappa shape index (κ2) is 12.5. The lowest BCUT2D eigenvalue weighted by atomic mass is 9.78. The number of thiophene rings is 1. The molecule has 7 rings (SSSR count). The third-order valence-corrected chi connectivity index (χ3v) is 10.1. The SMILES string of the molecule is CC(=O)NC1CC(NC(=O)/C=C/C(=O)N2CC3(COC3)C2)C1.Cc1sc2c(c1C)C(c1ccc(Cl)cc1)=NCc1nnc(C)n1-2. The summed E-state index contributed by atoms with van der Waals surface area (Å²) in [5.74, 6) is 1.34. The van der Waals surface area contributed by atoms with Gasteiger partial charge in [-0.2, -0.15) is 0 Å². The molecule has 3 fully saturated rings. The Labute approximate surface area is 270 Å². The number of aryl methyl sites for hydroxylation is 2. The maximum atomic E-state index is 11.9. The Morgan fingerprint density at radius 2 is 1.71 bits per heavy atom. The molecule has 1 aliphatic carbocycles. The van der Waals surface area contributed by atoms with Crippen molar-refractivity contribution in [2.24, 2.45) is 10.4 Å². The number of aliphatic imine (C=N–C) groups is 1. The summed E-state index contributed by atoms with van der Waals surface area (Å²) in [6.07, 6.45) is 4.09. The minimum atomic E-state index is -0.262. The number of benzene rings is 1. The average Bonchev–Trinajstić information content (AvgIpc) is 3.38. The number of amides is 3. The van der Waals surface area contributed by atoms with E-state index in [-0.39, 0.29) is 35.2 Å². The van der Waals surface area contributed by atoms with Crippen molar-refractivity contribution < 1.29 is 19.1 Å². The van der Waals surface area contributed by atoms with Crippen LogP contribution >= 0.6 is 22.9 Å². The van der Waals surface area contributed by atoms with Gasteiger partial charge in [0.2, 0.25) is 17.7 Å². The van der Waals surface area contributed by atoms with Crippen LogP contribution in [0.15, 0.2) is 41.4 Å². The number of hydrogen-bond acceptors (Lipinski definition) is 8. The van der Waals surface area contributed by atoms with Crippen molar-refractivity contribution in [3.05, 3.63) is 74.7 Å². The Morgan fingerprint density at radius 3 is 2.36 bits per heavy atom. The topological polar surface area (TPSA) is 131 Å². The molecule has 0 bridgehead atoms. The number of carbonyl (C=O) groups excluding carboxylic acids is 3. The minimum Gasteiger partial charge on any atom is -0.380 e. The number of rotatable bonds is 5. The highest BCUT2D eigenvalue weighted by molar-refractivity contribution is 7.15. The van der Waals surface area contributed by atoms with Gasteiger partial charge in [-0.25, -0.2) is 0 Å². The maximum absolute atomic E-state index is 11.9. The Hall–Kier alpha value is -3.87. The number of aromatic nitrogens is 3. The first-order valence-corrected chi connectivity index (χ1v) is 16.2. The lowest BCUT2D eigenvalue weighted by molar-refractivity contribution is -0.192. The normalized spacial score (nSPS) is 20.7. The molecule has 1 spiro atoms. The summed E-state index contributed by atoms with van der Waals surface area (Å²) in [5, 5.41) is 16.0. The highest BCUT2D eigenvalue weighted by Crippen LogP contribution is 2.38. The molecule has 45 heavy (non-hydrogen) atoms. The Balaban J connectivity index is 0.000000159. The maximum Gasteiger partial charge on any atom is 0.246 e. The molecule has 2 saturated heterocycles. The minimum absolute atomic E-state index is 0.0514. The van der Waals surface area contributed by atoms with Crippen LogP contribution in [0.1, 0.15) is 53.0 Å². The van der Waals surface area contributed by atoms with Crippen LogP contribution in [0, 0.1) is 26.2 Å². The lowest BCUT2D eigenvalue weighted by Gasteiger charge is -2.54. The van der Waals surface area contributed by atoms with E-state index in [1.807, 2.05) is 31.2 Å². The zero-order valence-electron chi connectivity index (χ0n) is 25.7. The van der Waals surface area contributed by atoms with Crippen molar-refractivity contribution in [1.29, 1.82) is 0 Å². The van der Waals surface area contributed by atoms with Crippen molar-refractivity contribution in [3.8, 4) is 5.00 Å². The van der Waals surface area contributed by atoms with Gasteiger partial charge in [0.15, 0.2) is 5.82 Å². The molecule has 11 nitrogen and oxygen atoms in total. The summed E-state index contributed by atoms with van der Waals surface area (Å²) >= 11 is 7.80.